The zero-order valence-electron chi connectivity index (χ0n) is 17.0. The van der Waals surface area contributed by atoms with Crippen LogP contribution in [0.1, 0.15) is 16.7 Å². The van der Waals surface area contributed by atoms with Crippen LogP contribution in [0.25, 0.3) is 27.8 Å². The van der Waals surface area contributed by atoms with E-state index in [1.54, 1.807) is 29.2 Å². The molecule has 156 valence electrons. The third-order valence-electron chi connectivity index (χ3n) is 5.37. The van der Waals surface area contributed by atoms with Gasteiger partial charge in [-0.1, -0.05) is 12.1 Å². The molecule has 0 spiro atoms. The van der Waals surface area contributed by atoms with Gasteiger partial charge in [0.05, 0.1) is 24.0 Å². The number of aromatic amines is 1. The van der Waals surface area contributed by atoms with Gasteiger partial charge in [0.1, 0.15) is 11.6 Å². The summed E-state index contributed by atoms with van der Waals surface area (Å²) in [7, 11) is 0. The monoisotopic (exact) mass is 414 g/mol. The molecule has 0 fully saturated rings. The molecule has 0 saturated heterocycles. The molecule has 8 nitrogen and oxygen atoms in total. The number of anilines is 1. The third kappa shape index (κ3) is 3.47. The number of phenolic OH excluding ortho intramolecular Hbond substituents is 1. The van der Waals surface area contributed by atoms with Crippen LogP contribution in [0.5, 0.6) is 5.75 Å². The van der Waals surface area contributed by atoms with Crippen LogP contribution in [-0.2, 0) is 13.0 Å². The van der Waals surface area contributed by atoms with Crippen LogP contribution in [0, 0.1) is 6.92 Å². The summed E-state index contributed by atoms with van der Waals surface area (Å²) >= 11 is 0. The average Bonchev–Trinajstić information content (AvgIpc) is 3.38. The molecule has 0 amide bonds. The number of fused-ring (bicyclic) bond motifs is 2. The number of hydrogen-bond donors (Lipinski definition) is 4. The van der Waals surface area contributed by atoms with Crippen molar-refractivity contribution in [1.29, 1.82) is 0 Å². The number of aliphatic hydroxyl groups is 1. The zero-order chi connectivity index (χ0) is 21.4. The molecule has 0 saturated carbocycles. The van der Waals surface area contributed by atoms with Crippen molar-refractivity contribution in [2.75, 3.05) is 11.9 Å². The lowest BCUT2D eigenvalue weighted by Crippen LogP contribution is -2.10. The summed E-state index contributed by atoms with van der Waals surface area (Å²) < 4.78 is 1.71. The fourth-order valence-electron chi connectivity index (χ4n) is 3.82. The smallest absolute Gasteiger partial charge is 0.163 e. The number of para-hydroxylation sites is 1. The maximum Gasteiger partial charge on any atom is 0.163 e. The van der Waals surface area contributed by atoms with E-state index in [0.717, 1.165) is 45.5 Å². The minimum absolute atomic E-state index is 0.135. The van der Waals surface area contributed by atoms with E-state index in [9.17, 15) is 10.2 Å². The molecule has 31 heavy (non-hydrogen) atoms. The van der Waals surface area contributed by atoms with E-state index < -0.39 is 0 Å². The van der Waals surface area contributed by atoms with Crippen molar-refractivity contribution < 1.29 is 10.2 Å². The van der Waals surface area contributed by atoms with Crippen LogP contribution in [0.2, 0.25) is 0 Å². The van der Waals surface area contributed by atoms with Crippen molar-refractivity contribution >= 4 is 22.4 Å². The average molecular weight is 414 g/mol. The molecule has 0 bridgehead atoms. The number of aryl methyl sites for hydroxylation is 1. The third-order valence-corrected chi connectivity index (χ3v) is 5.37. The first-order valence-corrected chi connectivity index (χ1v) is 10.1. The Morgan fingerprint density at radius 3 is 2.87 bits per heavy atom. The topological polar surface area (TPSA) is 111 Å². The van der Waals surface area contributed by atoms with Gasteiger partial charge in [-0.05, 0) is 36.6 Å². The minimum Gasteiger partial charge on any atom is -0.506 e. The summed E-state index contributed by atoms with van der Waals surface area (Å²) in [5.74, 6) is 1.03. The predicted octanol–water partition coefficient (Wildman–Crippen LogP) is 3.43. The Morgan fingerprint density at radius 1 is 1.13 bits per heavy atom. The lowest BCUT2D eigenvalue weighted by Gasteiger charge is -2.11. The standard InChI is InChI=1S/C23H22N6O2/c1-14-7-16(10-24-9-14)19-8-21(29-23(28-19)17(13-30)12-27-29)25-6-5-15-11-26-22-18(15)3-2-4-20(22)31/h2-4,7-12,25-26,30-31H,5-6,13H2,1H3. The number of aromatic hydroxyl groups is 1. The number of hydrogen-bond acceptors (Lipinski definition) is 6. The Labute approximate surface area is 178 Å². The van der Waals surface area contributed by atoms with Gasteiger partial charge in [0.25, 0.3) is 0 Å². The van der Waals surface area contributed by atoms with Crippen LogP contribution >= 0.6 is 0 Å². The molecule has 0 aliphatic rings. The van der Waals surface area contributed by atoms with E-state index in [1.807, 2.05) is 37.4 Å². The molecule has 0 aliphatic carbocycles. The molecule has 0 unspecified atom stereocenters. The molecular weight excluding hydrogens is 392 g/mol. The van der Waals surface area contributed by atoms with Gasteiger partial charge in [-0.25, -0.2) is 4.98 Å². The highest BCUT2D eigenvalue weighted by Crippen LogP contribution is 2.27. The molecule has 5 rings (SSSR count). The SMILES string of the molecule is Cc1cncc(-c2cc(NCCc3c[nH]c4c(O)cccc34)n3ncc(CO)c3n2)c1. The molecule has 0 radical (unpaired) electrons. The second kappa shape index (κ2) is 7.73. The highest BCUT2D eigenvalue weighted by molar-refractivity contribution is 5.88. The van der Waals surface area contributed by atoms with E-state index >= 15 is 0 Å². The number of nitrogens with one attached hydrogen (secondary N) is 2. The fourth-order valence-corrected chi connectivity index (χ4v) is 3.82. The van der Waals surface area contributed by atoms with Crippen molar-refractivity contribution in [3.8, 4) is 17.0 Å². The number of nitrogens with zero attached hydrogens (tertiary/aromatic N) is 4. The van der Waals surface area contributed by atoms with E-state index in [1.165, 1.54) is 0 Å². The number of rotatable bonds is 6. The summed E-state index contributed by atoms with van der Waals surface area (Å²) in [5, 5.41) is 28.5. The number of aromatic nitrogens is 5. The van der Waals surface area contributed by atoms with Crippen LogP contribution in [0.3, 0.4) is 0 Å². The van der Waals surface area contributed by atoms with Crippen LogP contribution in [0.4, 0.5) is 5.82 Å². The van der Waals surface area contributed by atoms with E-state index in [0.29, 0.717) is 17.8 Å². The Balaban J connectivity index is 1.47. The normalized spacial score (nSPS) is 11.4. The molecule has 5 aromatic rings. The maximum atomic E-state index is 10.00. The minimum atomic E-state index is -0.135. The summed E-state index contributed by atoms with van der Waals surface area (Å²) in [6.45, 7) is 2.51. The van der Waals surface area contributed by atoms with Crippen molar-refractivity contribution in [1.82, 2.24) is 24.6 Å². The van der Waals surface area contributed by atoms with Crippen molar-refractivity contribution in [2.45, 2.75) is 20.0 Å². The number of benzene rings is 1. The Hall–Kier alpha value is -3.91. The lowest BCUT2D eigenvalue weighted by molar-refractivity contribution is 0.283. The summed E-state index contributed by atoms with van der Waals surface area (Å²) in [6.07, 6.45) is 7.90. The van der Waals surface area contributed by atoms with Gasteiger partial charge in [0.15, 0.2) is 5.65 Å². The van der Waals surface area contributed by atoms with Gasteiger partial charge < -0.3 is 20.5 Å². The first-order chi connectivity index (χ1) is 15.1. The van der Waals surface area contributed by atoms with E-state index in [2.05, 4.69) is 20.4 Å². The van der Waals surface area contributed by atoms with Crippen molar-refractivity contribution in [3.05, 3.63) is 71.8 Å². The molecule has 1 aromatic carbocycles. The number of phenols is 1. The molecular formula is C23H22N6O2. The largest absolute Gasteiger partial charge is 0.506 e. The summed E-state index contributed by atoms with van der Waals surface area (Å²) in [6, 6.07) is 9.49. The quantitative estimate of drug-likeness (QED) is 0.339. The molecule has 4 N–H and O–H groups in total. The number of aliphatic hydroxyl groups excluding tert-OH is 1. The summed E-state index contributed by atoms with van der Waals surface area (Å²) in [4.78, 5) is 12.1. The summed E-state index contributed by atoms with van der Waals surface area (Å²) in [5.41, 5.74) is 5.85. The van der Waals surface area contributed by atoms with Crippen molar-refractivity contribution in [3.63, 3.8) is 0 Å². The second-order valence-corrected chi connectivity index (χ2v) is 7.53. The first-order valence-electron chi connectivity index (χ1n) is 10.1. The molecule has 4 heterocycles. The Kier molecular flexibility index (Phi) is 4.76. The molecule has 0 atom stereocenters. The van der Waals surface area contributed by atoms with Gasteiger partial charge in [-0.3, -0.25) is 4.98 Å². The molecule has 8 heteroatoms. The Morgan fingerprint density at radius 2 is 2.03 bits per heavy atom. The van der Waals surface area contributed by atoms with Gasteiger partial charge in [-0.15, -0.1) is 0 Å². The van der Waals surface area contributed by atoms with Crippen LogP contribution in [0.15, 0.2) is 55.1 Å². The maximum absolute atomic E-state index is 10.00. The van der Waals surface area contributed by atoms with Gasteiger partial charge in [-0.2, -0.15) is 9.61 Å². The van der Waals surface area contributed by atoms with E-state index in [-0.39, 0.29) is 12.4 Å². The van der Waals surface area contributed by atoms with Gasteiger partial charge >= 0.3 is 0 Å². The van der Waals surface area contributed by atoms with Gasteiger partial charge in [0, 0.05) is 47.7 Å². The van der Waals surface area contributed by atoms with Gasteiger partial charge in [0.2, 0.25) is 0 Å². The zero-order valence-corrected chi connectivity index (χ0v) is 17.0. The second-order valence-electron chi connectivity index (χ2n) is 7.53. The Bertz CT molecular complexity index is 1390. The van der Waals surface area contributed by atoms with Crippen LogP contribution < -0.4 is 5.32 Å². The van der Waals surface area contributed by atoms with Crippen LogP contribution in [-0.4, -0.2) is 41.3 Å². The number of H-pyrrole nitrogens is 1. The van der Waals surface area contributed by atoms with E-state index in [4.69, 9.17) is 4.98 Å². The lowest BCUT2D eigenvalue weighted by atomic mass is 10.1. The molecule has 4 aromatic heterocycles. The fraction of sp³-hybridized carbons (Fsp3) is 0.174. The molecule has 0 aliphatic heterocycles. The van der Waals surface area contributed by atoms with Crippen molar-refractivity contribution in [2.24, 2.45) is 0 Å². The highest BCUT2D eigenvalue weighted by Gasteiger charge is 2.13. The highest BCUT2D eigenvalue weighted by atomic mass is 16.3. The number of pyridine rings is 1. The predicted molar refractivity (Wildman–Crippen MR) is 119 cm³/mol. The first kappa shape index (κ1) is 19.1.